The summed E-state index contributed by atoms with van der Waals surface area (Å²) >= 11 is 3.40. The fraction of sp³-hybridized carbons (Fsp3) is 0.333. The molecule has 0 saturated heterocycles. The first-order chi connectivity index (χ1) is 7.25. The first kappa shape index (κ1) is 10.7. The molecule has 0 bridgehead atoms. The summed E-state index contributed by atoms with van der Waals surface area (Å²) < 4.78 is 0.977. The standard InChI is InChI=1S/C12H15BrN2/c13-11-5-4-10(8-12(11)14)9-15-6-2-1-3-7-15/h1-2,4-5,8H,3,6-7,9,14H2. The van der Waals surface area contributed by atoms with Gasteiger partial charge in [0.15, 0.2) is 0 Å². The van der Waals surface area contributed by atoms with Crippen LogP contribution in [0, 0.1) is 0 Å². The van der Waals surface area contributed by atoms with Crippen molar-refractivity contribution in [3.05, 3.63) is 40.4 Å². The number of nitrogens with zero attached hydrogens (tertiary/aromatic N) is 1. The average Bonchev–Trinajstić information content (AvgIpc) is 2.25. The molecule has 0 radical (unpaired) electrons. The third-order valence-electron chi connectivity index (χ3n) is 2.61. The highest BCUT2D eigenvalue weighted by molar-refractivity contribution is 9.10. The second-order valence-electron chi connectivity index (χ2n) is 3.85. The quantitative estimate of drug-likeness (QED) is 0.659. The van der Waals surface area contributed by atoms with Crippen molar-refractivity contribution in [3.8, 4) is 0 Å². The molecule has 0 spiro atoms. The number of benzene rings is 1. The minimum atomic E-state index is 0.819. The van der Waals surface area contributed by atoms with Gasteiger partial charge in [0.2, 0.25) is 0 Å². The molecule has 1 aliphatic rings. The normalized spacial score (nSPS) is 16.9. The Bertz CT molecular complexity index is 374. The third kappa shape index (κ3) is 2.83. The fourth-order valence-corrected chi connectivity index (χ4v) is 2.03. The maximum Gasteiger partial charge on any atom is 0.0461 e. The van der Waals surface area contributed by atoms with Crippen LogP contribution in [-0.2, 0) is 6.54 Å². The predicted molar refractivity (Wildman–Crippen MR) is 67.6 cm³/mol. The van der Waals surface area contributed by atoms with Crippen LogP contribution in [-0.4, -0.2) is 18.0 Å². The van der Waals surface area contributed by atoms with E-state index < -0.39 is 0 Å². The fourth-order valence-electron chi connectivity index (χ4n) is 1.78. The van der Waals surface area contributed by atoms with Gasteiger partial charge < -0.3 is 5.73 Å². The van der Waals surface area contributed by atoms with Crippen LogP contribution in [0.2, 0.25) is 0 Å². The summed E-state index contributed by atoms with van der Waals surface area (Å²) in [5, 5.41) is 0. The first-order valence-corrected chi connectivity index (χ1v) is 5.96. The molecule has 0 unspecified atom stereocenters. The Kier molecular flexibility index (Phi) is 3.44. The molecule has 0 aromatic heterocycles. The van der Waals surface area contributed by atoms with Gasteiger partial charge in [0.25, 0.3) is 0 Å². The van der Waals surface area contributed by atoms with Crippen molar-refractivity contribution in [1.29, 1.82) is 0 Å². The molecule has 0 fully saturated rings. The molecule has 15 heavy (non-hydrogen) atoms. The number of rotatable bonds is 2. The van der Waals surface area contributed by atoms with E-state index in [-0.39, 0.29) is 0 Å². The topological polar surface area (TPSA) is 29.3 Å². The van der Waals surface area contributed by atoms with Gasteiger partial charge in [0.05, 0.1) is 0 Å². The second kappa shape index (κ2) is 4.81. The smallest absolute Gasteiger partial charge is 0.0461 e. The van der Waals surface area contributed by atoms with Gasteiger partial charge in [-0.15, -0.1) is 0 Å². The summed E-state index contributed by atoms with van der Waals surface area (Å²) in [7, 11) is 0. The summed E-state index contributed by atoms with van der Waals surface area (Å²) in [5.41, 5.74) is 7.95. The molecule has 0 aliphatic carbocycles. The number of anilines is 1. The lowest BCUT2D eigenvalue weighted by atomic mass is 10.1. The van der Waals surface area contributed by atoms with Crippen LogP contribution in [0.5, 0.6) is 0 Å². The molecule has 0 atom stereocenters. The van der Waals surface area contributed by atoms with Gasteiger partial charge in [-0.2, -0.15) is 0 Å². The zero-order valence-electron chi connectivity index (χ0n) is 8.62. The highest BCUT2D eigenvalue weighted by atomic mass is 79.9. The van der Waals surface area contributed by atoms with Crippen LogP contribution in [0.3, 0.4) is 0 Å². The van der Waals surface area contributed by atoms with Crippen LogP contribution in [0.15, 0.2) is 34.8 Å². The number of hydrogen-bond acceptors (Lipinski definition) is 2. The zero-order chi connectivity index (χ0) is 10.7. The van der Waals surface area contributed by atoms with E-state index >= 15 is 0 Å². The molecule has 3 heteroatoms. The van der Waals surface area contributed by atoms with Gasteiger partial charge in [-0.1, -0.05) is 18.2 Å². The Labute approximate surface area is 98.9 Å². The van der Waals surface area contributed by atoms with E-state index in [2.05, 4.69) is 39.0 Å². The van der Waals surface area contributed by atoms with Gasteiger partial charge in [0, 0.05) is 29.8 Å². The molecular weight excluding hydrogens is 252 g/mol. The van der Waals surface area contributed by atoms with Crippen LogP contribution in [0.4, 0.5) is 5.69 Å². The molecule has 80 valence electrons. The SMILES string of the molecule is Nc1cc(CN2CC=CCC2)ccc1Br. The monoisotopic (exact) mass is 266 g/mol. The van der Waals surface area contributed by atoms with E-state index in [0.29, 0.717) is 0 Å². The molecular formula is C12H15BrN2. The maximum absolute atomic E-state index is 5.85. The molecule has 1 heterocycles. The van der Waals surface area contributed by atoms with Crippen LogP contribution < -0.4 is 5.73 Å². The van der Waals surface area contributed by atoms with Crippen molar-refractivity contribution in [2.75, 3.05) is 18.8 Å². The lowest BCUT2D eigenvalue weighted by Crippen LogP contribution is -2.26. The second-order valence-corrected chi connectivity index (χ2v) is 4.71. The van der Waals surface area contributed by atoms with E-state index in [1.165, 1.54) is 5.56 Å². The van der Waals surface area contributed by atoms with Gasteiger partial charge in [-0.05, 0) is 40.0 Å². The van der Waals surface area contributed by atoms with Crippen LogP contribution in [0.25, 0.3) is 0 Å². The largest absolute Gasteiger partial charge is 0.398 e. The van der Waals surface area contributed by atoms with E-state index in [4.69, 9.17) is 5.73 Å². The summed E-state index contributed by atoms with van der Waals surface area (Å²) in [6, 6.07) is 6.19. The molecule has 1 aromatic carbocycles. The van der Waals surface area contributed by atoms with E-state index in [1.54, 1.807) is 0 Å². The van der Waals surface area contributed by atoms with E-state index in [0.717, 1.165) is 36.2 Å². The minimum Gasteiger partial charge on any atom is -0.398 e. The first-order valence-electron chi connectivity index (χ1n) is 5.17. The summed E-state index contributed by atoms with van der Waals surface area (Å²) in [5.74, 6) is 0. The summed E-state index contributed by atoms with van der Waals surface area (Å²) in [4.78, 5) is 2.42. The highest BCUT2D eigenvalue weighted by Gasteiger charge is 2.07. The van der Waals surface area contributed by atoms with Gasteiger partial charge in [-0.3, -0.25) is 4.90 Å². The van der Waals surface area contributed by atoms with Gasteiger partial charge >= 0.3 is 0 Å². The Balaban J connectivity index is 2.04. The Morgan fingerprint density at radius 2 is 2.20 bits per heavy atom. The Morgan fingerprint density at radius 3 is 2.87 bits per heavy atom. The molecule has 2 N–H and O–H groups in total. The van der Waals surface area contributed by atoms with Crippen molar-refractivity contribution in [2.45, 2.75) is 13.0 Å². The molecule has 0 saturated carbocycles. The number of nitrogen functional groups attached to an aromatic ring is 1. The van der Waals surface area contributed by atoms with Gasteiger partial charge in [-0.25, -0.2) is 0 Å². The van der Waals surface area contributed by atoms with Gasteiger partial charge in [0.1, 0.15) is 0 Å². The lowest BCUT2D eigenvalue weighted by molar-refractivity contribution is 0.291. The maximum atomic E-state index is 5.85. The number of hydrogen-bond donors (Lipinski definition) is 1. The molecule has 2 nitrogen and oxygen atoms in total. The highest BCUT2D eigenvalue weighted by Crippen LogP contribution is 2.21. The van der Waals surface area contributed by atoms with Crippen LogP contribution >= 0.6 is 15.9 Å². The predicted octanol–water partition coefficient (Wildman–Crippen LogP) is 2.79. The molecule has 2 rings (SSSR count). The molecule has 1 aliphatic heterocycles. The number of nitrogens with two attached hydrogens (primary N) is 1. The summed E-state index contributed by atoms with van der Waals surface area (Å²) in [6.07, 6.45) is 5.63. The molecule has 1 aromatic rings. The minimum absolute atomic E-state index is 0.819. The van der Waals surface area contributed by atoms with Crippen molar-refractivity contribution < 1.29 is 0 Å². The third-order valence-corrected chi connectivity index (χ3v) is 3.33. The lowest BCUT2D eigenvalue weighted by Gasteiger charge is -2.23. The van der Waals surface area contributed by atoms with Crippen LogP contribution in [0.1, 0.15) is 12.0 Å². The molecule has 0 amide bonds. The summed E-state index contributed by atoms with van der Waals surface area (Å²) in [6.45, 7) is 3.18. The Morgan fingerprint density at radius 1 is 1.33 bits per heavy atom. The Hall–Kier alpha value is -0.800. The van der Waals surface area contributed by atoms with Crippen molar-refractivity contribution >= 4 is 21.6 Å². The zero-order valence-corrected chi connectivity index (χ0v) is 10.2. The van der Waals surface area contributed by atoms with Crippen molar-refractivity contribution in [1.82, 2.24) is 4.90 Å². The average molecular weight is 267 g/mol. The van der Waals surface area contributed by atoms with Crippen molar-refractivity contribution in [3.63, 3.8) is 0 Å². The van der Waals surface area contributed by atoms with E-state index in [9.17, 15) is 0 Å². The number of halogens is 1. The van der Waals surface area contributed by atoms with Crippen molar-refractivity contribution in [2.24, 2.45) is 0 Å². The van der Waals surface area contributed by atoms with E-state index in [1.807, 2.05) is 12.1 Å².